The first-order chi connectivity index (χ1) is 7.20. The lowest BCUT2D eigenvalue weighted by Gasteiger charge is -2.16. The van der Waals surface area contributed by atoms with Crippen LogP contribution in [0, 0.1) is 0 Å². The SMILES string of the molecule is CNC(C)Cc1cc2c(s1)CCCC2O. The molecule has 1 aromatic rings. The van der Waals surface area contributed by atoms with Crippen molar-refractivity contribution in [3.63, 3.8) is 0 Å². The Balaban J connectivity index is 2.14. The van der Waals surface area contributed by atoms with Crippen molar-refractivity contribution in [3.8, 4) is 0 Å². The highest BCUT2D eigenvalue weighted by atomic mass is 32.1. The second kappa shape index (κ2) is 4.64. The molecular formula is C12H19NOS. The molecule has 1 aromatic heterocycles. The van der Waals surface area contributed by atoms with E-state index in [9.17, 15) is 5.11 Å². The normalized spacial score (nSPS) is 22.5. The molecule has 0 saturated carbocycles. The molecule has 2 N–H and O–H groups in total. The van der Waals surface area contributed by atoms with E-state index in [1.165, 1.54) is 15.3 Å². The Morgan fingerprint density at radius 3 is 3.13 bits per heavy atom. The first kappa shape index (κ1) is 11.1. The average Bonchev–Trinajstić information content (AvgIpc) is 2.62. The molecule has 0 saturated heterocycles. The van der Waals surface area contributed by atoms with Gasteiger partial charge in [-0.25, -0.2) is 0 Å². The van der Waals surface area contributed by atoms with Crippen LogP contribution < -0.4 is 5.32 Å². The molecule has 15 heavy (non-hydrogen) atoms. The van der Waals surface area contributed by atoms with Gasteiger partial charge in [-0.05, 0) is 51.3 Å². The van der Waals surface area contributed by atoms with Gasteiger partial charge in [-0.2, -0.15) is 0 Å². The van der Waals surface area contributed by atoms with Gasteiger partial charge in [0.15, 0.2) is 0 Å². The third kappa shape index (κ3) is 2.41. The number of aliphatic hydroxyl groups excluding tert-OH is 1. The minimum atomic E-state index is -0.205. The van der Waals surface area contributed by atoms with Gasteiger partial charge in [0.1, 0.15) is 0 Å². The number of thiophene rings is 1. The van der Waals surface area contributed by atoms with Crippen molar-refractivity contribution in [2.45, 2.75) is 44.8 Å². The number of aliphatic hydroxyl groups is 1. The highest BCUT2D eigenvalue weighted by Gasteiger charge is 2.21. The predicted molar refractivity (Wildman–Crippen MR) is 64.4 cm³/mol. The summed E-state index contributed by atoms with van der Waals surface area (Å²) in [6.07, 6.45) is 4.09. The maximum absolute atomic E-state index is 9.86. The van der Waals surface area contributed by atoms with Crippen molar-refractivity contribution in [2.24, 2.45) is 0 Å². The molecule has 2 nitrogen and oxygen atoms in total. The number of nitrogens with one attached hydrogen (secondary N) is 1. The third-order valence-electron chi connectivity index (χ3n) is 3.13. The van der Waals surface area contributed by atoms with E-state index < -0.39 is 0 Å². The molecule has 0 spiro atoms. The van der Waals surface area contributed by atoms with Crippen LogP contribution in [-0.2, 0) is 12.8 Å². The molecule has 1 aliphatic carbocycles. The highest BCUT2D eigenvalue weighted by molar-refractivity contribution is 7.12. The summed E-state index contributed by atoms with van der Waals surface area (Å²) < 4.78 is 0. The molecule has 84 valence electrons. The molecule has 2 atom stereocenters. The van der Waals surface area contributed by atoms with E-state index in [2.05, 4.69) is 18.3 Å². The fraction of sp³-hybridized carbons (Fsp3) is 0.667. The fourth-order valence-corrected chi connectivity index (χ4v) is 3.49. The zero-order valence-electron chi connectivity index (χ0n) is 9.42. The van der Waals surface area contributed by atoms with Gasteiger partial charge in [0.2, 0.25) is 0 Å². The van der Waals surface area contributed by atoms with Crippen molar-refractivity contribution in [3.05, 3.63) is 21.4 Å². The van der Waals surface area contributed by atoms with E-state index in [-0.39, 0.29) is 6.10 Å². The van der Waals surface area contributed by atoms with E-state index in [4.69, 9.17) is 0 Å². The lowest BCUT2D eigenvalue weighted by atomic mass is 9.96. The smallest absolute Gasteiger partial charge is 0.0801 e. The molecule has 0 aromatic carbocycles. The van der Waals surface area contributed by atoms with Crippen LogP contribution in [0.2, 0.25) is 0 Å². The molecule has 0 aliphatic heterocycles. The lowest BCUT2D eigenvalue weighted by molar-refractivity contribution is 0.157. The highest BCUT2D eigenvalue weighted by Crippen LogP contribution is 2.35. The molecule has 0 bridgehead atoms. The predicted octanol–water partition coefficient (Wildman–Crippen LogP) is 2.27. The molecule has 2 unspecified atom stereocenters. The van der Waals surface area contributed by atoms with Gasteiger partial charge in [-0.15, -0.1) is 11.3 Å². The van der Waals surface area contributed by atoms with Crippen LogP contribution in [0.25, 0.3) is 0 Å². The quantitative estimate of drug-likeness (QED) is 0.827. The van der Waals surface area contributed by atoms with Crippen LogP contribution in [0.1, 0.15) is 41.2 Å². The standard InChI is InChI=1S/C12H19NOS/c1-8(13-2)6-9-7-10-11(14)4-3-5-12(10)15-9/h7-8,11,13-14H,3-6H2,1-2H3. The van der Waals surface area contributed by atoms with Crippen LogP contribution in [-0.4, -0.2) is 18.2 Å². The molecule has 0 amide bonds. The Bertz CT molecular complexity index is 334. The Morgan fingerprint density at radius 2 is 2.47 bits per heavy atom. The van der Waals surface area contributed by atoms with Crippen molar-refractivity contribution in [1.82, 2.24) is 5.32 Å². The Kier molecular flexibility index (Phi) is 3.44. The first-order valence-electron chi connectivity index (χ1n) is 5.67. The zero-order valence-corrected chi connectivity index (χ0v) is 10.2. The summed E-state index contributed by atoms with van der Waals surface area (Å²) in [6, 6.07) is 2.72. The van der Waals surface area contributed by atoms with Crippen LogP contribution in [0.5, 0.6) is 0 Å². The summed E-state index contributed by atoms with van der Waals surface area (Å²) in [7, 11) is 1.99. The summed E-state index contributed by atoms with van der Waals surface area (Å²) in [4.78, 5) is 2.81. The van der Waals surface area contributed by atoms with Gasteiger partial charge >= 0.3 is 0 Å². The molecule has 0 fully saturated rings. The minimum absolute atomic E-state index is 0.205. The number of aryl methyl sites for hydroxylation is 1. The zero-order chi connectivity index (χ0) is 10.8. The van der Waals surface area contributed by atoms with Crippen molar-refractivity contribution in [2.75, 3.05) is 7.05 Å². The molecule has 2 rings (SSSR count). The van der Waals surface area contributed by atoms with E-state index in [1.807, 2.05) is 18.4 Å². The van der Waals surface area contributed by atoms with Crippen LogP contribution in [0.3, 0.4) is 0 Å². The monoisotopic (exact) mass is 225 g/mol. The second-order valence-corrected chi connectivity index (χ2v) is 5.61. The Labute approximate surface area is 95.3 Å². The Hall–Kier alpha value is -0.380. The largest absolute Gasteiger partial charge is 0.388 e. The van der Waals surface area contributed by atoms with E-state index in [1.54, 1.807) is 0 Å². The van der Waals surface area contributed by atoms with Crippen LogP contribution in [0.15, 0.2) is 6.07 Å². The third-order valence-corrected chi connectivity index (χ3v) is 4.37. The summed E-state index contributed by atoms with van der Waals surface area (Å²) >= 11 is 1.88. The van der Waals surface area contributed by atoms with Gasteiger partial charge in [-0.1, -0.05) is 0 Å². The summed E-state index contributed by atoms with van der Waals surface area (Å²) in [5.74, 6) is 0. The lowest BCUT2D eigenvalue weighted by Crippen LogP contribution is -2.22. The Morgan fingerprint density at radius 1 is 1.67 bits per heavy atom. The number of rotatable bonds is 3. The van der Waals surface area contributed by atoms with Gasteiger partial charge < -0.3 is 10.4 Å². The summed E-state index contributed by atoms with van der Waals surface area (Å²) in [5, 5.41) is 13.1. The van der Waals surface area contributed by atoms with Gasteiger partial charge in [0, 0.05) is 15.8 Å². The summed E-state index contributed by atoms with van der Waals surface area (Å²) in [6.45, 7) is 2.19. The van der Waals surface area contributed by atoms with Crippen molar-refractivity contribution < 1.29 is 5.11 Å². The molecule has 0 radical (unpaired) electrons. The van der Waals surface area contributed by atoms with Gasteiger partial charge in [0.05, 0.1) is 6.10 Å². The fourth-order valence-electron chi connectivity index (χ4n) is 2.09. The maximum Gasteiger partial charge on any atom is 0.0801 e. The minimum Gasteiger partial charge on any atom is -0.388 e. The van der Waals surface area contributed by atoms with Crippen molar-refractivity contribution >= 4 is 11.3 Å². The molecule has 1 aliphatic rings. The van der Waals surface area contributed by atoms with Gasteiger partial charge in [0.25, 0.3) is 0 Å². The first-order valence-corrected chi connectivity index (χ1v) is 6.49. The van der Waals surface area contributed by atoms with Crippen molar-refractivity contribution in [1.29, 1.82) is 0 Å². The number of hydrogen-bond acceptors (Lipinski definition) is 3. The van der Waals surface area contributed by atoms with Crippen LogP contribution >= 0.6 is 11.3 Å². The number of hydrogen-bond donors (Lipinski definition) is 2. The molecular weight excluding hydrogens is 206 g/mol. The van der Waals surface area contributed by atoms with E-state index in [0.29, 0.717) is 6.04 Å². The second-order valence-electron chi connectivity index (χ2n) is 4.39. The van der Waals surface area contributed by atoms with E-state index in [0.717, 1.165) is 25.7 Å². The summed E-state index contributed by atoms with van der Waals surface area (Å²) in [5.41, 5.74) is 1.20. The van der Waals surface area contributed by atoms with E-state index >= 15 is 0 Å². The average molecular weight is 225 g/mol. The number of likely N-dealkylation sites (N-methyl/N-ethyl adjacent to an activating group) is 1. The maximum atomic E-state index is 9.86. The molecule has 1 heterocycles. The molecule has 3 heteroatoms. The topological polar surface area (TPSA) is 32.3 Å². The number of fused-ring (bicyclic) bond motifs is 1. The van der Waals surface area contributed by atoms with Gasteiger partial charge in [-0.3, -0.25) is 0 Å². The van der Waals surface area contributed by atoms with Crippen LogP contribution in [0.4, 0.5) is 0 Å².